The van der Waals surface area contributed by atoms with E-state index < -0.39 is 6.09 Å². The average Bonchev–Trinajstić information content (AvgIpc) is 2.52. The normalized spacial score (nSPS) is 18.2. The fourth-order valence-corrected chi connectivity index (χ4v) is 2.32. The molecule has 1 aromatic heterocycles. The molecule has 7 nitrogen and oxygen atoms in total. The number of piperidine rings is 1. The van der Waals surface area contributed by atoms with Crippen LogP contribution in [0.15, 0.2) is 18.3 Å². The average molecular weight is 292 g/mol. The smallest absolute Gasteiger partial charge is 0.407 e. The van der Waals surface area contributed by atoms with Crippen LogP contribution in [-0.2, 0) is 11.3 Å². The van der Waals surface area contributed by atoms with Crippen LogP contribution in [-0.4, -0.2) is 48.1 Å². The Labute approximate surface area is 123 Å². The number of alkyl carbamates (subject to hydrolysis) is 1. The lowest BCUT2D eigenvalue weighted by Crippen LogP contribution is -2.45. The molecule has 1 fully saturated rings. The van der Waals surface area contributed by atoms with Crippen molar-refractivity contribution >= 4 is 12.0 Å². The molecule has 0 aliphatic carbocycles. The highest BCUT2D eigenvalue weighted by molar-refractivity contribution is 5.94. The molecule has 0 spiro atoms. The maximum Gasteiger partial charge on any atom is 0.407 e. The zero-order valence-electron chi connectivity index (χ0n) is 12.0. The largest absolute Gasteiger partial charge is 0.453 e. The Morgan fingerprint density at radius 2 is 2.38 bits per heavy atom. The van der Waals surface area contributed by atoms with Crippen molar-refractivity contribution in [3.63, 3.8) is 0 Å². The molecule has 1 atom stereocenters. The van der Waals surface area contributed by atoms with Gasteiger partial charge in [0.1, 0.15) is 0 Å². The van der Waals surface area contributed by atoms with E-state index in [0.717, 1.165) is 19.4 Å². The predicted octanol–water partition coefficient (Wildman–Crippen LogP) is 0.501. The number of methoxy groups -OCH3 is 1. The standard InChI is InChI=1S/C14H20N4O3/c1-21-14(20)17-8-12-7-10(4-5-16-12)13(19)18-6-2-3-11(15)9-18/h4-5,7,11H,2-3,6,8-9,15H2,1H3,(H,17,20). The molecule has 7 heteroatoms. The van der Waals surface area contributed by atoms with Gasteiger partial charge in [0.25, 0.3) is 5.91 Å². The van der Waals surface area contributed by atoms with Crippen molar-refractivity contribution < 1.29 is 14.3 Å². The quantitative estimate of drug-likeness (QED) is 0.845. The van der Waals surface area contributed by atoms with Gasteiger partial charge in [0.15, 0.2) is 0 Å². The molecule has 1 aliphatic rings. The van der Waals surface area contributed by atoms with E-state index in [9.17, 15) is 9.59 Å². The fraction of sp³-hybridized carbons (Fsp3) is 0.500. The van der Waals surface area contributed by atoms with Crippen LogP contribution in [0.4, 0.5) is 4.79 Å². The topological polar surface area (TPSA) is 97.5 Å². The summed E-state index contributed by atoms with van der Waals surface area (Å²) in [6, 6.07) is 3.40. The first-order valence-electron chi connectivity index (χ1n) is 6.91. The first kappa shape index (κ1) is 15.2. The van der Waals surface area contributed by atoms with Gasteiger partial charge in [-0.05, 0) is 25.0 Å². The van der Waals surface area contributed by atoms with Gasteiger partial charge in [-0.3, -0.25) is 9.78 Å². The molecule has 1 aliphatic heterocycles. The van der Waals surface area contributed by atoms with E-state index in [1.54, 1.807) is 23.2 Å². The Kier molecular flexibility index (Phi) is 5.10. The summed E-state index contributed by atoms with van der Waals surface area (Å²) in [4.78, 5) is 29.3. The lowest BCUT2D eigenvalue weighted by molar-refractivity contribution is 0.0708. The number of rotatable bonds is 3. The summed E-state index contributed by atoms with van der Waals surface area (Å²) in [5, 5.41) is 2.53. The molecule has 2 rings (SSSR count). The van der Waals surface area contributed by atoms with Gasteiger partial charge in [-0.15, -0.1) is 0 Å². The maximum absolute atomic E-state index is 12.4. The van der Waals surface area contributed by atoms with E-state index in [-0.39, 0.29) is 18.5 Å². The second-order valence-corrected chi connectivity index (χ2v) is 5.03. The van der Waals surface area contributed by atoms with Crippen LogP contribution in [0.1, 0.15) is 28.9 Å². The van der Waals surface area contributed by atoms with Gasteiger partial charge in [0.05, 0.1) is 19.3 Å². The minimum atomic E-state index is -0.532. The summed E-state index contributed by atoms with van der Waals surface area (Å²) in [6.07, 6.45) is 2.91. The van der Waals surface area contributed by atoms with Crippen molar-refractivity contribution in [2.24, 2.45) is 5.73 Å². The zero-order chi connectivity index (χ0) is 15.2. The van der Waals surface area contributed by atoms with Crippen LogP contribution in [0.25, 0.3) is 0 Å². The molecule has 0 aromatic carbocycles. The highest BCUT2D eigenvalue weighted by Gasteiger charge is 2.22. The zero-order valence-corrected chi connectivity index (χ0v) is 12.0. The van der Waals surface area contributed by atoms with Crippen molar-refractivity contribution in [3.05, 3.63) is 29.6 Å². The van der Waals surface area contributed by atoms with Gasteiger partial charge in [-0.1, -0.05) is 0 Å². The highest BCUT2D eigenvalue weighted by atomic mass is 16.5. The molecule has 3 N–H and O–H groups in total. The van der Waals surface area contributed by atoms with Crippen molar-refractivity contribution in [1.82, 2.24) is 15.2 Å². The molecule has 1 aromatic rings. The Morgan fingerprint density at radius 1 is 1.57 bits per heavy atom. The Hall–Kier alpha value is -2.15. The summed E-state index contributed by atoms with van der Waals surface area (Å²) in [5.41, 5.74) is 7.06. The Bertz CT molecular complexity index is 521. The molecule has 0 bridgehead atoms. The molecule has 2 amide bonds. The Balaban J connectivity index is 2.02. The van der Waals surface area contributed by atoms with E-state index in [1.165, 1.54) is 7.11 Å². The summed E-state index contributed by atoms with van der Waals surface area (Å²) in [5.74, 6) is -0.0492. The number of ether oxygens (including phenoxy) is 1. The fourth-order valence-electron chi connectivity index (χ4n) is 2.32. The van der Waals surface area contributed by atoms with E-state index >= 15 is 0 Å². The van der Waals surface area contributed by atoms with Gasteiger partial charge in [-0.25, -0.2) is 4.79 Å². The summed E-state index contributed by atoms with van der Waals surface area (Å²) in [7, 11) is 1.29. The van der Waals surface area contributed by atoms with Crippen LogP contribution in [0.2, 0.25) is 0 Å². The molecular formula is C14H20N4O3. The monoisotopic (exact) mass is 292 g/mol. The number of carbonyl (C=O) groups excluding carboxylic acids is 2. The van der Waals surface area contributed by atoms with Crippen molar-refractivity contribution in [3.8, 4) is 0 Å². The number of amides is 2. The molecular weight excluding hydrogens is 272 g/mol. The van der Waals surface area contributed by atoms with E-state index in [0.29, 0.717) is 17.8 Å². The maximum atomic E-state index is 12.4. The summed E-state index contributed by atoms with van der Waals surface area (Å²) >= 11 is 0. The molecule has 0 saturated carbocycles. The van der Waals surface area contributed by atoms with Gasteiger partial charge in [-0.2, -0.15) is 0 Å². The molecule has 1 unspecified atom stereocenters. The number of hydrogen-bond donors (Lipinski definition) is 2. The predicted molar refractivity (Wildman–Crippen MR) is 76.6 cm³/mol. The minimum absolute atomic E-state index is 0.0463. The van der Waals surface area contributed by atoms with Crippen LogP contribution in [0.5, 0.6) is 0 Å². The first-order chi connectivity index (χ1) is 10.1. The summed E-state index contributed by atoms with van der Waals surface area (Å²) < 4.78 is 4.49. The molecule has 2 heterocycles. The number of nitrogens with one attached hydrogen (secondary N) is 1. The van der Waals surface area contributed by atoms with E-state index in [4.69, 9.17) is 5.73 Å². The molecule has 114 valence electrons. The van der Waals surface area contributed by atoms with E-state index in [1.807, 2.05) is 0 Å². The number of nitrogens with two attached hydrogens (primary N) is 1. The highest BCUT2D eigenvalue weighted by Crippen LogP contribution is 2.13. The van der Waals surface area contributed by atoms with Crippen molar-refractivity contribution in [2.75, 3.05) is 20.2 Å². The lowest BCUT2D eigenvalue weighted by Gasteiger charge is -2.30. The summed E-state index contributed by atoms with van der Waals surface area (Å²) in [6.45, 7) is 1.52. The Morgan fingerprint density at radius 3 is 3.10 bits per heavy atom. The number of carbonyl (C=O) groups is 2. The number of nitrogens with zero attached hydrogens (tertiary/aromatic N) is 2. The van der Waals surface area contributed by atoms with Gasteiger partial charge in [0.2, 0.25) is 0 Å². The van der Waals surface area contributed by atoms with Crippen LogP contribution >= 0.6 is 0 Å². The van der Waals surface area contributed by atoms with Gasteiger partial charge < -0.3 is 20.7 Å². The SMILES string of the molecule is COC(=O)NCc1cc(C(=O)N2CCCC(N)C2)ccn1. The number of pyridine rings is 1. The molecule has 1 saturated heterocycles. The van der Waals surface area contributed by atoms with Gasteiger partial charge in [0, 0.05) is 30.9 Å². The van der Waals surface area contributed by atoms with E-state index in [2.05, 4.69) is 15.0 Å². The molecule has 0 radical (unpaired) electrons. The lowest BCUT2D eigenvalue weighted by atomic mass is 10.1. The molecule has 21 heavy (non-hydrogen) atoms. The first-order valence-corrected chi connectivity index (χ1v) is 6.91. The number of likely N-dealkylation sites (tertiary alicyclic amines) is 1. The third-order valence-corrected chi connectivity index (χ3v) is 3.41. The second kappa shape index (κ2) is 7.03. The third-order valence-electron chi connectivity index (χ3n) is 3.41. The number of hydrogen-bond acceptors (Lipinski definition) is 5. The number of aromatic nitrogens is 1. The minimum Gasteiger partial charge on any atom is -0.453 e. The third kappa shape index (κ3) is 4.16. The van der Waals surface area contributed by atoms with Crippen LogP contribution in [0.3, 0.4) is 0 Å². The van der Waals surface area contributed by atoms with Crippen LogP contribution < -0.4 is 11.1 Å². The second-order valence-electron chi connectivity index (χ2n) is 5.03. The van der Waals surface area contributed by atoms with Crippen LogP contribution in [0, 0.1) is 0 Å². The van der Waals surface area contributed by atoms with Gasteiger partial charge >= 0.3 is 6.09 Å². The van der Waals surface area contributed by atoms with Crippen molar-refractivity contribution in [2.45, 2.75) is 25.4 Å². The van der Waals surface area contributed by atoms with Crippen molar-refractivity contribution in [1.29, 1.82) is 0 Å².